The predicted molar refractivity (Wildman–Crippen MR) is 84.3 cm³/mol. The van der Waals surface area contributed by atoms with Crippen LogP contribution in [0.1, 0.15) is 57.6 Å². The first-order chi connectivity index (χ1) is 9.11. The lowest BCUT2D eigenvalue weighted by atomic mass is 9.91. The molecule has 1 unspecified atom stereocenters. The van der Waals surface area contributed by atoms with Gasteiger partial charge in [0.2, 0.25) is 0 Å². The zero-order chi connectivity index (χ0) is 15.5. The maximum absolute atomic E-state index is 12.2. The highest BCUT2D eigenvalue weighted by Gasteiger charge is 2.19. The van der Waals surface area contributed by atoms with Crippen molar-refractivity contribution < 1.29 is 4.79 Å². The van der Waals surface area contributed by atoms with Crippen LogP contribution in [0.3, 0.4) is 0 Å². The van der Waals surface area contributed by atoms with Gasteiger partial charge in [-0.05, 0) is 24.0 Å². The van der Waals surface area contributed by atoms with Crippen molar-refractivity contribution in [3.05, 3.63) is 28.5 Å². The number of nitrogens with one attached hydrogen (secondary N) is 1. The maximum Gasteiger partial charge on any atom is 0.251 e. The van der Waals surface area contributed by atoms with Gasteiger partial charge in [-0.2, -0.15) is 0 Å². The van der Waals surface area contributed by atoms with E-state index >= 15 is 0 Å². The van der Waals surface area contributed by atoms with Gasteiger partial charge < -0.3 is 5.32 Å². The fourth-order valence-electron chi connectivity index (χ4n) is 1.60. The van der Waals surface area contributed by atoms with Gasteiger partial charge in [-0.3, -0.25) is 4.79 Å². The molecule has 112 valence electrons. The SMILES string of the molecule is CC(C)C(C)CNC(=O)c1cc(Cl)nc(C(C)(C)C)c1. The van der Waals surface area contributed by atoms with Crippen LogP contribution in [0.25, 0.3) is 0 Å². The minimum atomic E-state index is -0.134. The van der Waals surface area contributed by atoms with Crippen molar-refractivity contribution in [3.8, 4) is 0 Å². The van der Waals surface area contributed by atoms with Gasteiger partial charge in [-0.15, -0.1) is 0 Å². The summed E-state index contributed by atoms with van der Waals surface area (Å²) >= 11 is 6.02. The Morgan fingerprint density at radius 2 is 1.90 bits per heavy atom. The van der Waals surface area contributed by atoms with Crippen LogP contribution < -0.4 is 5.32 Å². The third kappa shape index (κ3) is 4.78. The van der Waals surface area contributed by atoms with Gasteiger partial charge in [0.05, 0.1) is 0 Å². The van der Waals surface area contributed by atoms with Crippen molar-refractivity contribution in [1.82, 2.24) is 10.3 Å². The summed E-state index contributed by atoms with van der Waals surface area (Å²) < 4.78 is 0. The van der Waals surface area contributed by atoms with Crippen LogP contribution in [0.4, 0.5) is 0 Å². The Balaban J connectivity index is 2.86. The molecule has 1 N–H and O–H groups in total. The number of hydrogen-bond donors (Lipinski definition) is 1. The predicted octanol–water partition coefficient (Wildman–Crippen LogP) is 4.05. The van der Waals surface area contributed by atoms with Crippen LogP contribution in [0.5, 0.6) is 0 Å². The van der Waals surface area contributed by atoms with Crippen LogP contribution in [-0.2, 0) is 5.41 Å². The number of hydrogen-bond acceptors (Lipinski definition) is 2. The van der Waals surface area contributed by atoms with E-state index in [9.17, 15) is 4.79 Å². The van der Waals surface area contributed by atoms with Crippen molar-refractivity contribution in [2.75, 3.05) is 6.54 Å². The molecular weight excluding hydrogens is 272 g/mol. The molecule has 0 fully saturated rings. The van der Waals surface area contributed by atoms with Gasteiger partial charge in [0.1, 0.15) is 5.15 Å². The van der Waals surface area contributed by atoms with Crippen molar-refractivity contribution in [2.24, 2.45) is 11.8 Å². The molecule has 3 nitrogen and oxygen atoms in total. The van der Waals surface area contributed by atoms with Crippen LogP contribution in [-0.4, -0.2) is 17.4 Å². The lowest BCUT2D eigenvalue weighted by Gasteiger charge is -2.19. The Kier molecular flexibility index (Phi) is 5.58. The molecule has 1 amide bonds. The number of carbonyl (C=O) groups is 1. The molecule has 0 bridgehead atoms. The molecule has 0 aliphatic rings. The number of nitrogens with zero attached hydrogens (tertiary/aromatic N) is 1. The molecule has 0 aliphatic heterocycles. The molecule has 4 heteroatoms. The van der Waals surface area contributed by atoms with Crippen molar-refractivity contribution >= 4 is 17.5 Å². The summed E-state index contributed by atoms with van der Waals surface area (Å²) in [5, 5.41) is 3.32. The number of aromatic nitrogens is 1. The van der Waals surface area contributed by atoms with E-state index in [0.29, 0.717) is 29.1 Å². The number of pyridine rings is 1. The average molecular weight is 297 g/mol. The normalized spacial score (nSPS) is 13.4. The van der Waals surface area contributed by atoms with Crippen LogP contribution >= 0.6 is 11.6 Å². The Labute approximate surface area is 127 Å². The molecular formula is C16H25ClN2O. The third-order valence-corrected chi connectivity index (χ3v) is 3.74. The number of halogens is 1. The molecule has 1 atom stereocenters. The summed E-state index contributed by atoms with van der Waals surface area (Å²) in [5.74, 6) is 0.895. The summed E-state index contributed by atoms with van der Waals surface area (Å²) in [5.41, 5.74) is 1.27. The molecule has 0 aliphatic carbocycles. The monoisotopic (exact) mass is 296 g/mol. The van der Waals surface area contributed by atoms with Gasteiger partial charge in [-0.1, -0.05) is 53.1 Å². The number of amides is 1. The highest BCUT2D eigenvalue weighted by Crippen LogP contribution is 2.23. The van der Waals surface area contributed by atoms with E-state index < -0.39 is 0 Å². The topological polar surface area (TPSA) is 42.0 Å². The molecule has 1 heterocycles. The van der Waals surface area contributed by atoms with E-state index in [1.165, 1.54) is 0 Å². The van der Waals surface area contributed by atoms with E-state index in [1.54, 1.807) is 6.07 Å². The second-order valence-electron chi connectivity index (χ2n) is 6.75. The molecule has 20 heavy (non-hydrogen) atoms. The Bertz CT molecular complexity index is 478. The van der Waals surface area contributed by atoms with Crippen molar-refractivity contribution in [2.45, 2.75) is 47.0 Å². The van der Waals surface area contributed by atoms with Crippen LogP contribution in [0, 0.1) is 11.8 Å². The molecule has 0 saturated heterocycles. The Hall–Kier alpha value is -1.09. The lowest BCUT2D eigenvalue weighted by Crippen LogP contribution is -2.30. The fraction of sp³-hybridized carbons (Fsp3) is 0.625. The standard InChI is InChI=1S/C16H25ClN2O/c1-10(2)11(3)9-18-15(20)12-7-13(16(4,5)6)19-14(17)8-12/h7-8,10-11H,9H2,1-6H3,(H,18,20). The van der Waals surface area contributed by atoms with Gasteiger partial charge in [0.25, 0.3) is 5.91 Å². The van der Waals surface area contributed by atoms with Gasteiger partial charge >= 0.3 is 0 Å². The molecule has 1 aromatic heterocycles. The van der Waals surface area contributed by atoms with E-state index in [1.807, 2.05) is 26.8 Å². The lowest BCUT2D eigenvalue weighted by molar-refractivity contribution is 0.0944. The van der Waals surface area contributed by atoms with Gasteiger partial charge in [0.15, 0.2) is 0 Å². The molecule has 0 saturated carbocycles. The average Bonchev–Trinajstić information content (AvgIpc) is 2.33. The summed E-state index contributed by atoms with van der Waals surface area (Å²) in [7, 11) is 0. The highest BCUT2D eigenvalue weighted by atomic mass is 35.5. The minimum Gasteiger partial charge on any atom is -0.352 e. The maximum atomic E-state index is 12.2. The minimum absolute atomic E-state index is 0.0905. The third-order valence-electron chi connectivity index (χ3n) is 3.55. The van der Waals surface area contributed by atoms with E-state index in [0.717, 1.165) is 5.69 Å². The van der Waals surface area contributed by atoms with E-state index in [-0.39, 0.29) is 11.3 Å². The first kappa shape index (κ1) is 17.0. The second-order valence-corrected chi connectivity index (χ2v) is 7.13. The molecule has 0 radical (unpaired) electrons. The highest BCUT2D eigenvalue weighted by molar-refractivity contribution is 6.29. The summed E-state index contributed by atoms with van der Waals surface area (Å²) in [6.07, 6.45) is 0. The van der Waals surface area contributed by atoms with Crippen LogP contribution in [0.15, 0.2) is 12.1 Å². The summed E-state index contributed by atoms with van der Waals surface area (Å²) in [6, 6.07) is 3.44. The molecule has 1 rings (SSSR count). The molecule has 1 aromatic rings. The zero-order valence-corrected chi connectivity index (χ0v) is 14.0. The van der Waals surface area contributed by atoms with Crippen LogP contribution in [0.2, 0.25) is 5.15 Å². The smallest absolute Gasteiger partial charge is 0.251 e. The first-order valence-electron chi connectivity index (χ1n) is 7.07. The van der Waals surface area contributed by atoms with Gasteiger partial charge in [0, 0.05) is 23.2 Å². The summed E-state index contributed by atoms with van der Waals surface area (Å²) in [4.78, 5) is 16.5. The van der Waals surface area contributed by atoms with E-state index in [2.05, 4.69) is 31.1 Å². The van der Waals surface area contributed by atoms with E-state index in [4.69, 9.17) is 11.6 Å². The fourth-order valence-corrected chi connectivity index (χ4v) is 1.81. The van der Waals surface area contributed by atoms with Crippen molar-refractivity contribution in [3.63, 3.8) is 0 Å². The molecule has 0 aromatic carbocycles. The first-order valence-corrected chi connectivity index (χ1v) is 7.45. The second kappa shape index (κ2) is 6.57. The Morgan fingerprint density at radius 3 is 2.40 bits per heavy atom. The summed E-state index contributed by atoms with van der Waals surface area (Å²) in [6.45, 7) is 13.2. The molecule has 0 spiro atoms. The quantitative estimate of drug-likeness (QED) is 0.852. The van der Waals surface area contributed by atoms with Crippen molar-refractivity contribution in [1.29, 1.82) is 0 Å². The largest absolute Gasteiger partial charge is 0.352 e. The van der Waals surface area contributed by atoms with Gasteiger partial charge in [-0.25, -0.2) is 4.98 Å². The number of rotatable bonds is 4. The number of carbonyl (C=O) groups excluding carboxylic acids is 1. The zero-order valence-electron chi connectivity index (χ0n) is 13.2. The Morgan fingerprint density at radius 1 is 1.30 bits per heavy atom.